The van der Waals surface area contributed by atoms with Crippen LogP contribution in [-0.4, -0.2) is 54.2 Å². The standard InChI is InChI=1S/C21H22N8OS2/c1-28(2)19-25-18(26-20(27-19)29(3)4)22-14-5-7-15(8-6-14)23-21-24-17(30)16(32-21)11-13-9-10-31-12-13/h5-12H,1-4H3,(H,23,24,30)(H,22,25,26,27)/b16-11-. The number of anilines is 4. The van der Waals surface area contributed by atoms with Crippen molar-refractivity contribution in [2.24, 2.45) is 4.99 Å². The van der Waals surface area contributed by atoms with Crippen molar-refractivity contribution in [2.75, 3.05) is 43.3 Å². The quantitative estimate of drug-likeness (QED) is 0.531. The van der Waals surface area contributed by atoms with Gasteiger partial charge in [0.2, 0.25) is 17.8 Å². The molecule has 0 radical (unpaired) electrons. The zero-order valence-electron chi connectivity index (χ0n) is 18.0. The van der Waals surface area contributed by atoms with Crippen molar-refractivity contribution in [3.8, 4) is 0 Å². The molecule has 1 aromatic carbocycles. The van der Waals surface area contributed by atoms with Crippen LogP contribution in [0.2, 0.25) is 0 Å². The van der Waals surface area contributed by atoms with Crippen LogP contribution in [0.3, 0.4) is 0 Å². The fourth-order valence-electron chi connectivity index (χ4n) is 2.66. The van der Waals surface area contributed by atoms with Gasteiger partial charge in [-0.15, -0.1) is 0 Å². The zero-order valence-corrected chi connectivity index (χ0v) is 19.7. The number of benzene rings is 1. The minimum Gasteiger partial charge on any atom is -0.347 e. The second kappa shape index (κ2) is 9.37. The Morgan fingerprint density at radius 2 is 1.69 bits per heavy atom. The van der Waals surface area contributed by atoms with Crippen LogP contribution in [0.5, 0.6) is 0 Å². The highest BCUT2D eigenvalue weighted by molar-refractivity contribution is 8.18. The van der Waals surface area contributed by atoms with E-state index in [1.54, 1.807) is 11.3 Å². The predicted molar refractivity (Wildman–Crippen MR) is 133 cm³/mol. The van der Waals surface area contributed by atoms with Gasteiger partial charge < -0.3 is 20.4 Å². The Kier molecular flexibility index (Phi) is 6.37. The number of thiophene rings is 1. The number of hydrogen-bond donors (Lipinski definition) is 2. The SMILES string of the molecule is CN(C)c1nc(Nc2ccc(N=C3NC(=O)/C(=C/c4ccsc4)S3)cc2)nc(N(C)C)n1. The molecule has 1 aliphatic heterocycles. The molecule has 32 heavy (non-hydrogen) atoms. The molecule has 1 aliphatic rings. The Hall–Kier alpha value is -3.44. The minimum atomic E-state index is -0.138. The van der Waals surface area contributed by atoms with Crippen LogP contribution < -0.4 is 20.4 Å². The van der Waals surface area contributed by atoms with Gasteiger partial charge in [0, 0.05) is 33.9 Å². The number of hydrogen-bond acceptors (Lipinski definition) is 10. The molecule has 4 rings (SSSR count). The van der Waals surface area contributed by atoms with Crippen LogP contribution in [0.4, 0.5) is 29.2 Å². The monoisotopic (exact) mass is 466 g/mol. The van der Waals surface area contributed by atoms with E-state index in [2.05, 4.69) is 30.6 Å². The summed E-state index contributed by atoms with van der Waals surface area (Å²) in [5.41, 5.74) is 2.56. The second-order valence-corrected chi connectivity index (χ2v) is 9.07. The number of carbonyl (C=O) groups excluding carboxylic acids is 1. The molecule has 2 aromatic heterocycles. The number of nitrogens with zero attached hydrogens (tertiary/aromatic N) is 6. The van der Waals surface area contributed by atoms with Crippen molar-refractivity contribution < 1.29 is 4.79 Å². The number of amidine groups is 1. The van der Waals surface area contributed by atoms with Crippen molar-refractivity contribution in [1.82, 2.24) is 20.3 Å². The van der Waals surface area contributed by atoms with Gasteiger partial charge in [0.05, 0.1) is 10.6 Å². The number of amides is 1. The maximum Gasteiger partial charge on any atom is 0.264 e. The zero-order chi connectivity index (χ0) is 22.7. The molecule has 2 N–H and O–H groups in total. The van der Waals surface area contributed by atoms with E-state index in [1.807, 2.05) is 85.2 Å². The number of rotatable bonds is 6. The first kappa shape index (κ1) is 21.8. The van der Waals surface area contributed by atoms with Crippen molar-refractivity contribution in [2.45, 2.75) is 0 Å². The first-order valence-corrected chi connectivity index (χ1v) is 11.4. The van der Waals surface area contributed by atoms with Crippen LogP contribution >= 0.6 is 23.1 Å². The van der Waals surface area contributed by atoms with E-state index in [1.165, 1.54) is 11.8 Å². The van der Waals surface area contributed by atoms with Crippen LogP contribution in [0.25, 0.3) is 6.08 Å². The summed E-state index contributed by atoms with van der Waals surface area (Å²) in [7, 11) is 7.53. The number of thioether (sulfide) groups is 1. The average Bonchev–Trinajstić information content (AvgIpc) is 3.39. The van der Waals surface area contributed by atoms with Gasteiger partial charge in [0.1, 0.15) is 0 Å². The third-order valence-corrected chi connectivity index (χ3v) is 5.87. The molecule has 3 aromatic rings. The maximum atomic E-state index is 12.2. The maximum absolute atomic E-state index is 12.2. The lowest BCUT2D eigenvalue weighted by molar-refractivity contribution is -0.115. The summed E-state index contributed by atoms with van der Waals surface area (Å²) in [5.74, 6) is 1.44. The fraction of sp³-hybridized carbons (Fsp3) is 0.190. The van der Waals surface area contributed by atoms with Crippen molar-refractivity contribution in [3.63, 3.8) is 0 Å². The fourth-order valence-corrected chi connectivity index (χ4v) is 4.12. The molecule has 1 saturated heterocycles. The van der Waals surface area contributed by atoms with E-state index < -0.39 is 0 Å². The first-order chi connectivity index (χ1) is 15.4. The van der Waals surface area contributed by atoms with E-state index in [-0.39, 0.29) is 5.91 Å². The number of carbonyl (C=O) groups is 1. The summed E-state index contributed by atoms with van der Waals surface area (Å²) in [5, 5.41) is 10.6. The third kappa shape index (κ3) is 5.24. The van der Waals surface area contributed by atoms with Crippen LogP contribution in [0.1, 0.15) is 5.56 Å². The lowest BCUT2D eigenvalue weighted by Gasteiger charge is -2.16. The van der Waals surface area contributed by atoms with Crippen molar-refractivity contribution in [3.05, 3.63) is 51.6 Å². The molecule has 3 heterocycles. The summed E-state index contributed by atoms with van der Waals surface area (Å²) in [6, 6.07) is 9.48. The van der Waals surface area contributed by atoms with Gasteiger partial charge in [-0.05, 0) is 64.5 Å². The predicted octanol–water partition coefficient (Wildman–Crippen LogP) is 3.70. The molecular formula is C21H22N8OS2. The molecule has 0 unspecified atom stereocenters. The molecule has 164 valence electrons. The molecule has 1 amide bonds. The van der Waals surface area contributed by atoms with Crippen molar-refractivity contribution >= 4 is 69.5 Å². The van der Waals surface area contributed by atoms with Gasteiger partial charge >= 0.3 is 0 Å². The Labute approximate surface area is 194 Å². The van der Waals surface area contributed by atoms with Gasteiger partial charge in [-0.1, -0.05) is 0 Å². The smallest absolute Gasteiger partial charge is 0.264 e. The molecule has 0 atom stereocenters. The number of nitrogens with one attached hydrogen (secondary N) is 2. The highest BCUT2D eigenvalue weighted by Crippen LogP contribution is 2.29. The second-order valence-electron chi connectivity index (χ2n) is 7.26. The third-order valence-electron chi connectivity index (χ3n) is 4.26. The van der Waals surface area contributed by atoms with Crippen LogP contribution in [-0.2, 0) is 4.79 Å². The normalized spacial score (nSPS) is 15.8. The Morgan fingerprint density at radius 3 is 2.28 bits per heavy atom. The summed E-state index contributed by atoms with van der Waals surface area (Å²) in [6.45, 7) is 0. The Morgan fingerprint density at radius 1 is 1.00 bits per heavy atom. The van der Waals surface area contributed by atoms with Crippen molar-refractivity contribution in [1.29, 1.82) is 0 Å². The molecule has 0 aliphatic carbocycles. The molecule has 1 fully saturated rings. The molecule has 11 heteroatoms. The average molecular weight is 467 g/mol. The topological polar surface area (TPSA) is 98.6 Å². The van der Waals surface area contributed by atoms with E-state index in [0.717, 1.165) is 16.9 Å². The first-order valence-electron chi connectivity index (χ1n) is 9.67. The van der Waals surface area contributed by atoms with Gasteiger partial charge in [-0.25, -0.2) is 4.99 Å². The van der Waals surface area contributed by atoms with Gasteiger partial charge in [0.25, 0.3) is 5.91 Å². The molecule has 0 saturated carbocycles. The summed E-state index contributed by atoms with van der Waals surface area (Å²) in [4.78, 5) is 34.3. The molecule has 0 spiro atoms. The van der Waals surface area contributed by atoms with Crippen LogP contribution in [0.15, 0.2) is 51.0 Å². The minimum absolute atomic E-state index is 0.138. The van der Waals surface area contributed by atoms with E-state index in [4.69, 9.17) is 0 Å². The number of aliphatic imine (C=N–C) groups is 1. The highest BCUT2D eigenvalue weighted by atomic mass is 32.2. The van der Waals surface area contributed by atoms with Gasteiger partial charge in [-0.2, -0.15) is 26.3 Å². The van der Waals surface area contributed by atoms with E-state index in [9.17, 15) is 4.79 Å². The highest BCUT2D eigenvalue weighted by Gasteiger charge is 2.23. The molecule has 0 bridgehead atoms. The Bertz CT molecular complexity index is 1140. The summed E-state index contributed by atoms with van der Waals surface area (Å²) in [6.07, 6.45) is 1.87. The lowest BCUT2D eigenvalue weighted by atomic mass is 10.3. The molecule has 9 nitrogen and oxygen atoms in total. The van der Waals surface area contributed by atoms with E-state index >= 15 is 0 Å². The van der Waals surface area contributed by atoms with Crippen LogP contribution in [0, 0.1) is 0 Å². The molecular weight excluding hydrogens is 444 g/mol. The Balaban J connectivity index is 1.48. The van der Waals surface area contributed by atoms with Gasteiger partial charge in [-0.3, -0.25) is 4.79 Å². The van der Waals surface area contributed by atoms with Gasteiger partial charge in [0.15, 0.2) is 5.17 Å². The van der Waals surface area contributed by atoms with E-state index in [0.29, 0.717) is 27.9 Å². The summed E-state index contributed by atoms with van der Waals surface area (Å²) < 4.78 is 0. The largest absolute Gasteiger partial charge is 0.347 e. The lowest BCUT2D eigenvalue weighted by Crippen LogP contribution is -2.19. The number of aromatic nitrogens is 3. The summed E-state index contributed by atoms with van der Waals surface area (Å²) >= 11 is 2.93.